The summed E-state index contributed by atoms with van der Waals surface area (Å²) >= 11 is 0. The summed E-state index contributed by atoms with van der Waals surface area (Å²) in [7, 11) is 1.60. The highest BCUT2D eigenvalue weighted by Gasteiger charge is 2.08. The first-order valence-corrected chi connectivity index (χ1v) is 6.39. The van der Waals surface area contributed by atoms with Gasteiger partial charge in [-0.2, -0.15) is 0 Å². The molecule has 0 bridgehead atoms. The average molecular weight is 288 g/mol. The highest BCUT2D eigenvalue weighted by Crippen LogP contribution is 2.10. The standard InChI is InChI=1S/C15H16N2O4/c1-20-13-4-2-11(3-5-13)8-16-14(18)9-17-15(19)12-6-7-21-10-12/h2-7,10H,8-9H2,1H3,(H,16,18)(H,17,19). The van der Waals surface area contributed by atoms with E-state index >= 15 is 0 Å². The van der Waals surface area contributed by atoms with E-state index < -0.39 is 0 Å². The lowest BCUT2D eigenvalue weighted by molar-refractivity contribution is -0.120. The first-order chi connectivity index (χ1) is 10.2. The van der Waals surface area contributed by atoms with Crippen LogP contribution < -0.4 is 15.4 Å². The topological polar surface area (TPSA) is 80.6 Å². The Morgan fingerprint density at radius 2 is 1.90 bits per heavy atom. The zero-order chi connectivity index (χ0) is 15.1. The molecule has 1 aromatic heterocycles. The highest BCUT2D eigenvalue weighted by molar-refractivity contribution is 5.96. The largest absolute Gasteiger partial charge is 0.497 e. The van der Waals surface area contributed by atoms with Gasteiger partial charge in [-0.05, 0) is 23.8 Å². The van der Waals surface area contributed by atoms with Crippen LogP contribution in [0.25, 0.3) is 0 Å². The zero-order valence-electron chi connectivity index (χ0n) is 11.6. The van der Waals surface area contributed by atoms with Crippen molar-refractivity contribution in [3.63, 3.8) is 0 Å². The number of ether oxygens (including phenoxy) is 1. The summed E-state index contributed by atoms with van der Waals surface area (Å²) in [5, 5.41) is 5.23. The van der Waals surface area contributed by atoms with Crippen LogP contribution in [0.5, 0.6) is 5.75 Å². The van der Waals surface area contributed by atoms with Crippen molar-refractivity contribution in [1.29, 1.82) is 0 Å². The molecule has 2 amide bonds. The van der Waals surface area contributed by atoms with Crippen LogP contribution in [-0.4, -0.2) is 25.5 Å². The Morgan fingerprint density at radius 3 is 2.52 bits per heavy atom. The maximum absolute atomic E-state index is 11.6. The molecule has 0 aliphatic carbocycles. The van der Waals surface area contributed by atoms with Crippen LogP contribution in [0.15, 0.2) is 47.3 Å². The van der Waals surface area contributed by atoms with Gasteiger partial charge in [0.25, 0.3) is 5.91 Å². The molecule has 6 heteroatoms. The molecule has 21 heavy (non-hydrogen) atoms. The van der Waals surface area contributed by atoms with Gasteiger partial charge in [0.05, 0.1) is 25.5 Å². The van der Waals surface area contributed by atoms with Gasteiger partial charge in [-0.1, -0.05) is 12.1 Å². The van der Waals surface area contributed by atoms with Crippen LogP contribution in [0, 0.1) is 0 Å². The number of hydrogen-bond donors (Lipinski definition) is 2. The molecule has 2 rings (SSSR count). The number of benzene rings is 1. The fourth-order valence-corrected chi connectivity index (χ4v) is 1.66. The van der Waals surface area contributed by atoms with Crippen LogP contribution in [0.4, 0.5) is 0 Å². The van der Waals surface area contributed by atoms with Gasteiger partial charge >= 0.3 is 0 Å². The van der Waals surface area contributed by atoms with Crippen molar-refractivity contribution < 1.29 is 18.7 Å². The number of rotatable bonds is 6. The Balaban J connectivity index is 1.73. The summed E-state index contributed by atoms with van der Waals surface area (Å²) in [6.07, 6.45) is 2.73. The van der Waals surface area contributed by atoms with E-state index in [1.165, 1.54) is 18.6 Å². The van der Waals surface area contributed by atoms with Gasteiger partial charge in [0.1, 0.15) is 12.0 Å². The van der Waals surface area contributed by atoms with Crippen LogP contribution >= 0.6 is 0 Å². The molecule has 0 saturated carbocycles. The van der Waals surface area contributed by atoms with E-state index in [1.54, 1.807) is 7.11 Å². The van der Waals surface area contributed by atoms with Crippen molar-refractivity contribution in [3.05, 3.63) is 54.0 Å². The normalized spacial score (nSPS) is 9.95. The molecule has 1 aromatic carbocycles. The minimum Gasteiger partial charge on any atom is -0.497 e. The van der Waals surface area contributed by atoms with Crippen LogP contribution in [-0.2, 0) is 11.3 Å². The van der Waals surface area contributed by atoms with Crippen molar-refractivity contribution in [1.82, 2.24) is 10.6 Å². The summed E-state index contributed by atoms with van der Waals surface area (Å²) in [6, 6.07) is 8.90. The second kappa shape index (κ2) is 7.14. The van der Waals surface area contributed by atoms with E-state index in [2.05, 4.69) is 10.6 Å². The van der Waals surface area contributed by atoms with Gasteiger partial charge in [0.2, 0.25) is 5.91 Å². The smallest absolute Gasteiger partial charge is 0.254 e. The van der Waals surface area contributed by atoms with E-state index in [0.29, 0.717) is 12.1 Å². The first kappa shape index (κ1) is 14.6. The Kier molecular flexibility index (Phi) is 4.98. The number of nitrogens with one attached hydrogen (secondary N) is 2. The average Bonchev–Trinajstić information content (AvgIpc) is 3.05. The molecule has 0 fully saturated rings. The number of methoxy groups -OCH3 is 1. The third-order valence-corrected chi connectivity index (χ3v) is 2.84. The quantitative estimate of drug-likeness (QED) is 0.840. The molecule has 0 radical (unpaired) electrons. The molecule has 0 aliphatic heterocycles. The SMILES string of the molecule is COc1ccc(CNC(=O)CNC(=O)c2ccoc2)cc1. The van der Waals surface area contributed by atoms with Gasteiger partial charge in [-0.3, -0.25) is 9.59 Å². The molecule has 0 aliphatic rings. The van der Waals surface area contributed by atoms with Crippen molar-refractivity contribution in [2.45, 2.75) is 6.54 Å². The lowest BCUT2D eigenvalue weighted by Gasteiger charge is -2.07. The molecular formula is C15H16N2O4. The Hall–Kier alpha value is -2.76. The number of amides is 2. The lowest BCUT2D eigenvalue weighted by atomic mass is 10.2. The second-order valence-electron chi connectivity index (χ2n) is 4.32. The second-order valence-corrected chi connectivity index (χ2v) is 4.32. The summed E-state index contributed by atoms with van der Waals surface area (Å²) in [5.74, 6) is 0.156. The van der Waals surface area contributed by atoms with Gasteiger partial charge < -0.3 is 19.8 Å². The summed E-state index contributed by atoms with van der Waals surface area (Å²) in [5.41, 5.74) is 1.34. The van der Waals surface area contributed by atoms with Gasteiger partial charge in [-0.15, -0.1) is 0 Å². The summed E-state index contributed by atoms with van der Waals surface area (Å²) in [4.78, 5) is 23.2. The Labute approximate surface area is 122 Å². The van der Waals surface area contributed by atoms with Crippen LogP contribution in [0.3, 0.4) is 0 Å². The third-order valence-electron chi connectivity index (χ3n) is 2.84. The van der Waals surface area contributed by atoms with Crippen molar-refractivity contribution in [2.24, 2.45) is 0 Å². The molecule has 0 spiro atoms. The molecule has 1 heterocycles. The first-order valence-electron chi connectivity index (χ1n) is 6.39. The maximum atomic E-state index is 11.6. The van der Waals surface area contributed by atoms with E-state index in [0.717, 1.165) is 11.3 Å². The minimum absolute atomic E-state index is 0.0832. The van der Waals surface area contributed by atoms with Crippen molar-refractivity contribution in [3.8, 4) is 5.75 Å². The van der Waals surface area contributed by atoms with E-state index in [1.807, 2.05) is 24.3 Å². The molecule has 2 N–H and O–H groups in total. The molecule has 0 saturated heterocycles. The summed E-state index contributed by atoms with van der Waals surface area (Å²) < 4.78 is 9.85. The number of hydrogen-bond acceptors (Lipinski definition) is 4. The predicted molar refractivity (Wildman–Crippen MR) is 75.9 cm³/mol. The van der Waals surface area contributed by atoms with E-state index in [-0.39, 0.29) is 18.4 Å². The third kappa shape index (κ3) is 4.38. The fourth-order valence-electron chi connectivity index (χ4n) is 1.66. The maximum Gasteiger partial charge on any atom is 0.254 e. The molecule has 0 atom stereocenters. The molecular weight excluding hydrogens is 272 g/mol. The van der Waals surface area contributed by atoms with E-state index in [9.17, 15) is 9.59 Å². The lowest BCUT2D eigenvalue weighted by Crippen LogP contribution is -2.36. The molecule has 6 nitrogen and oxygen atoms in total. The number of carbonyl (C=O) groups excluding carboxylic acids is 2. The highest BCUT2D eigenvalue weighted by atomic mass is 16.5. The Morgan fingerprint density at radius 1 is 1.14 bits per heavy atom. The monoisotopic (exact) mass is 288 g/mol. The minimum atomic E-state index is -0.344. The van der Waals surface area contributed by atoms with Gasteiger partial charge in [0.15, 0.2) is 0 Å². The van der Waals surface area contributed by atoms with Crippen LogP contribution in [0.1, 0.15) is 15.9 Å². The van der Waals surface area contributed by atoms with E-state index in [4.69, 9.17) is 9.15 Å². The van der Waals surface area contributed by atoms with Crippen molar-refractivity contribution >= 4 is 11.8 Å². The van der Waals surface area contributed by atoms with Crippen molar-refractivity contribution in [2.75, 3.05) is 13.7 Å². The number of furan rings is 1. The summed E-state index contributed by atoms with van der Waals surface area (Å²) in [6.45, 7) is 0.310. The van der Waals surface area contributed by atoms with Gasteiger partial charge in [0, 0.05) is 6.54 Å². The molecule has 0 unspecified atom stereocenters. The predicted octanol–water partition coefficient (Wildman–Crippen LogP) is 1.33. The zero-order valence-corrected chi connectivity index (χ0v) is 11.6. The Bertz CT molecular complexity index is 591. The fraction of sp³-hybridized carbons (Fsp3) is 0.200. The molecule has 110 valence electrons. The van der Waals surface area contributed by atoms with Gasteiger partial charge in [-0.25, -0.2) is 0 Å². The molecule has 2 aromatic rings. The number of carbonyl (C=O) groups is 2. The van der Waals surface area contributed by atoms with Crippen LogP contribution in [0.2, 0.25) is 0 Å².